The molecule has 0 saturated heterocycles. The lowest BCUT2D eigenvalue weighted by Crippen LogP contribution is -2.15. The van der Waals surface area contributed by atoms with E-state index < -0.39 is 11.7 Å². The number of hydrogen-bond acceptors (Lipinski definition) is 3. The summed E-state index contributed by atoms with van der Waals surface area (Å²) >= 11 is 0. The van der Waals surface area contributed by atoms with Gasteiger partial charge in [0.05, 0.1) is 24.0 Å². The number of methoxy groups -OCH3 is 1. The largest absolute Gasteiger partial charge is 0.495 e. The lowest BCUT2D eigenvalue weighted by Gasteiger charge is -2.10. The van der Waals surface area contributed by atoms with Crippen molar-refractivity contribution in [3.8, 4) is 5.75 Å². The Labute approximate surface area is 110 Å². The van der Waals surface area contributed by atoms with Gasteiger partial charge in [0.2, 0.25) is 0 Å². The molecule has 0 fully saturated rings. The topological polar surface area (TPSA) is 64.3 Å². The Morgan fingerprint density at radius 3 is 2.63 bits per heavy atom. The van der Waals surface area contributed by atoms with E-state index in [1.807, 2.05) is 0 Å². The van der Waals surface area contributed by atoms with Gasteiger partial charge < -0.3 is 15.8 Å². The summed E-state index contributed by atoms with van der Waals surface area (Å²) in [5.74, 6) is -0.583. The van der Waals surface area contributed by atoms with Gasteiger partial charge in [-0.25, -0.2) is 4.39 Å². The van der Waals surface area contributed by atoms with Crippen LogP contribution in [0.4, 0.5) is 15.8 Å². The summed E-state index contributed by atoms with van der Waals surface area (Å²) in [4.78, 5) is 12.0. The maximum absolute atomic E-state index is 13.4. The molecule has 0 aliphatic rings. The molecule has 2 aromatic carbocycles. The maximum atomic E-state index is 13.4. The van der Waals surface area contributed by atoms with E-state index in [1.165, 1.54) is 19.2 Å². The minimum Gasteiger partial charge on any atom is -0.495 e. The number of carbonyl (C=O) groups excluding carboxylic acids is 1. The van der Waals surface area contributed by atoms with Crippen molar-refractivity contribution in [1.82, 2.24) is 0 Å². The summed E-state index contributed by atoms with van der Waals surface area (Å²) < 4.78 is 18.5. The van der Waals surface area contributed by atoms with E-state index in [0.717, 1.165) is 0 Å². The molecule has 5 heteroatoms. The molecule has 0 radical (unpaired) electrons. The first kappa shape index (κ1) is 12.9. The van der Waals surface area contributed by atoms with Crippen molar-refractivity contribution in [2.24, 2.45) is 0 Å². The lowest BCUT2D eigenvalue weighted by molar-refractivity contribution is 0.102. The van der Waals surface area contributed by atoms with Crippen LogP contribution in [0, 0.1) is 5.82 Å². The van der Waals surface area contributed by atoms with E-state index >= 15 is 0 Å². The van der Waals surface area contributed by atoms with Gasteiger partial charge in [0.15, 0.2) is 0 Å². The lowest BCUT2D eigenvalue weighted by atomic mass is 10.1. The molecule has 2 aromatic rings. The van der Waals surface area contributed by atoms with E-state index in [4.69, 9.17) is 10.5 Å². The summed E-state index contributed by atoms with van der Waals surface area (Å²) in [6.07, 6.45) is 0. The zero-order valence-electron chi connectivity index (χ0n) is 10.3. The molecule has 19 heavy (non-hydrogen) atoms. The van der Waals surface area contributed by atoms with Crippen molar-refractivity contribution in [3.05, 3.63) is 53.8 Å². The van der Waals surface area contributed by atoms with Crippen LogP contribution < -0.4 is 15.8 Å². The van der Waals surface area contributed by atoms with Gasteiger partial charge in [-0.05, 0) is 24.3 Å². The first-order valence-electron chi connectivity index (χ1n) is 5.62. The van der Waals surface area contributed by atoms with Crippen molar-refractivity contribution in [2.75, 3.05) is 18.2 Å². The number of nitrogens with two attached hydrogens (primary N) is 1. The molecule has 98 valence electrons. The third kappa shape index (κ3) is 2.65. The summed E-state index contributed by atoms with van der Waals surface area (Å²) in [6.45, 7) is 0. The molecule has 0 aliphatic carbocycles. The molecular weight excluding hydrogens is 247 g/mol. The standard InChI is InChI=1S/C14H13FN2O2/c1-19-12-8-4-5-9(13(12)16)14(18)17-11-7-3-2-6-10(11)15/h2-8H,16H2,1H3,(H,17,18). The van der Waals surface area contributed by atoms with Crippen molar-refractivity contribution < 1.29 is 13.9 Å². The highest BCUT2D eigenvalue weighted by Crippen LogP contribution is 2.25. The van der Waals surface area contributed by atoms with E-state index in [0.29, 0.717) is 5.75 Å². The molecule has 0 heterocycles. The number of benzene rings is 2. The molecule has 0 atom stereocenters. The fourth-order valence-corrected chi connectivity index (χ4v) is 1.67. The fraction of sp³-hybridized carbons (Fsp3) is 0.0714. The highest BCUT2D eigenvalue weighted by atomic mass is 19.1. The predicted molar refractivity (Wildman–Crippen MR) is 71.8 cm³/mol. The quantitative estimate of drug-likeness (QED) is 0.834. The minimum atomic E-state index is -0.502. The molecule has 0 bridgehead atoms. The average Bonchev–Trinajstić information content (AvgIpc) is 2.41. The van der Waals surface area contributed by atoms with Gasteiger partial charge in [-0.2, -0.15) is 0 Å². The second-order valence-corrected chi connectivity index (χ2v) is 3.86. The van der Waals surface area contributed by atoms with Gasteiger partial charge >= 0.3 is 0 Å². The first-order chi connectivity index (χ1) is 9.13. The van der Waals surface area contributed by atoms with Crippen LogP contribution >= 0.6 is 0 Å². The van der Waals surface area contributed by atoms with Crippen LogP contribution in [-0.2, 0) is 0 Å². The SMILES string of the molecule is COc1cccc(C(=O)Nc2ccccc2F)c1N. The van der Waals surface area contributed by atoms with Crippen molar-refractivity contribution in [1.29, 1.82) is 0 Å². The number of ether oxygens (including phenoxy) is 1. The zero-order chi connectivity index (χ0) is 13.8. The van der Waals surface area contributed by atoms with E-state index in [2.05, 4.69) is 5.32 Å². The Morgan fingerprint density at radius 2 is 1.95 bits per heavy atom. The Bertz CT molecular complexity index is 614. The summed E-state index contributed by atoms with van der Waals surface area (Å²) in [5, 5.41) is 2.47. The highest BCUT2D eigenvalue weighted by molar-refractivity contribution is 6.08. The number of nitrogen functional groups attached to an aromatic ring is 1. The number of rotatable bonds is 3. The fourth-order valence-electron chi connectivity index (χ4n) is 1.67. The third-order valence-corrected chi connectivity index (χ3v) is 2.65. The number of hydrogen-bond donors (Lipinski definition) is 2. The Kier molecular flexibility index (Phi) is 3.66. The smallest absolute Gasteiger partial charge is 0.257 e. The first-order valence-corrected chi connectivity index (χ1v) is 5.62. The third-order valence-electron chi connectivity index (χ3n) is 2.65. The van der Waals surface area contributed by atoms with E-state index in [1.54, 1.807) is 30.3 Å². The summed E-state index contributed by atoms with van der Waals surface area (Å²) in [5.41, 5.74) is 6.37. The highest BCUT2D eigenvalue weighted by Gasteiger charge is 2.14. The molecule has 2 rings (SSSR count). The molecular formula is C14H13FN2O2. The molecule has 0 spiro atoms. The van der Waals surface area contributed by atoms with Crippen LogP contribution in [0.25, 0.3) is 0 Å². The number of para-hydroxylation sites is 2. The van der Waals surface area contributed by atoms with Crippen LogP contribution in [-0.4, -0.2) is 13.0 Å². The molecule has 0 aromatic heterocycles. The number of carbonyl (C=O) groups is 1. The van der Waals surface area contributed by atoms with E-state index in [9.17, 15) is 9.18 Å². The maximum Gasteiger partial charge on any atom is 0.257 e. The molecule has 0 aliphatic heterocycles. The van der Waals surface area contributed by atoms with Crippen LogP contribution in [0.3, 0.4) is 0 Å². The molecule has 0 unspecified atom stereocenters. The van der Waals surface area contributed by atoms with Crippen LogP contribution in [0.2, 0.25) is 0 Å². The summed E-state index contributed by atoms with van der Waals surface area (Å²) in [7, 11) is 1.46. The van der Waals surface area contributed by atoms with Gasteiger partial charge in [-0.15, -0.1) is 0 Å². The van der Waals surface area contributed by atoms with Gasteiger partial charge in [-0.3, -0.25) is 4.79 Å². The molecule has 0 saturated carbocycles. The van der Waals surface area contributed by atoms with Gasteiger partial charge in [0.1, 0.15) is 11.6 Å². The number of nitrogens with one attached hydrogen (secondary N) is 1. The van der Waals surface area contributed by atoms with Crippen LogP contribution in [0.1, 0.15) is 10.4 Å². The Balaban J connectivity index is 2.28. The molecule has 3 N–H and O–H groups in total. The van der Waals surface area contributed by atoms with Crippen molar-refractivity contribution >= 4 is 17.3 Å². The van der Waals surface area contributed by atoms with Gasteiger partial charge in [0, 0.05) is 0 Å². The van der Waals surface area contributed by atoms with Crippen LogP contribution in [0.15, 0.2) is 42.5 Å². The van der Waals surface area contributed by atoms with Crippen molar-refractivity contribution in [2.45, 2.75) is 0 Å². The molecule has 4 nitrogen and oxygen atoms in total. The zero-order valence-corrected chi connectivity index (χ0v) is 10.3. The average molecular weight is 260 g/mol. The normalized spacial score (nSPS) is 10.0. The van der Waals surface area contributed by atoms with Gasteiger partial charge in [-0.1, -0.05) is 18.2 Å². The number of amides is 1. The van der Waals surface area contributed by atoms with E-state index in [-0.39, 0.29) is 16.9 Å². The second kappa shape index (κ2) is 5.39. The Morgan fingerprint density at radius 1 is 1.21 bits per heavy atom. The second-order valence-electron chi connectivity index (χ2n) is 3.86. The monoisotopic (exact) mass is 260 g/mol. The molecule has 1 amide bonds. The van der Waals surface area contributed by atoms with Gasteiger partial charge in [0.25, 0.3) is 5.91 Å². The minimum absolute atomic E-state index is 0.106. The van der Waals surface area contributed by atoms with Crippen molar-refractivity contribution in [3.63, 3.8) is 0 Å². The number of anilines is 2. The summed E-state index contributed by atoms with van der Waals surface area (Å²) in [6, 6.07) is 10.8. The predicted octanol–water partition coefficient (Wildman–Crippen LogP) is 2.67. The number of halogens is 1. The van der Waals surface area contributed by atoms with Crippen LogP contribution in [0.5, 0.6) is 5.75 Å². The Hall–Kier alpha value is -2.56.